The minimum atomic E-state index is 0.982. The van der Waals surface area contributed by atoms with Crippen molar-refractivity contribution in [3.63, 3.8) is 0 Å². The number of unbranched alkanes of at least 4 members (excludes halogenated alkanes) is 15. The Morgan fingerprint density at radius 1 is 0.483 bits per heavy atom. The lowest BCUT2D eigenvalue weighted by Gasteiger charge is -2.45. The highest BCUT2D eigenvalue weighted by molar-refractivity contribution is 4.67. The van der Waals surface area contributed by atoms with E-state index < -0.39 is 0 Å². The minimum Gasteiger partial charge on any atom is -0.322 e. The Morgan fingerprint density at radius 2 is 0.862 bits per heavy atom. The highest BCUT2D eigenvalue weighted by Crippen LogP contribution is 2.29. The van der Waals surface area contributed by atoms with Crippen LogP contribution in [-0.4, -0.2) is 30.2 Å². The molecule has 0 spiro atoms. The molecule has 0 aromatic heterocycles. The van der Waals surface area contributed by atoms with Crippen LogP contribution in [0.5, 0.6) is 0 Å². The van der Waals surface area contributed by atoms with Gasteiger partial charge in [-0.1, -0.05) is 103 Å². The van der Waals surface area contributed by atoms with Crippen LogP contribution in [0.1, 0.15) is 156 Å². The molecule has 0 N–H and O–H groups in total. The molecule has 1 aliphatic rings. The molecule has 0 atom stereocenters. The Labute approximate surface area is 186 Å². The first kappa shape index (κ1) is 27.0. The minimum absolute atomic E-state index is 0.982. The molecule has 0 unspecified atom stereocenters. The number of nitrogens with zero attached hydrogens (tertiary/aromatic N) is 1. The Morgan fingerprint density at radius 3 is 1.24 bits per heavy atom. The number of rotatable bonds is 20. The second kappa shape index (κ2) is 18.7. The molecule has 1 saturated carbocycles. The van der Waals surface area contributed by atoms with Gasteiger partial charge in [0.05, 0.1) is 25.7 Å². The molecule has 0 aromatic rings. The van der Waals surface area contributed by atoms with Crippen LogP contribution in [0.2, 0.25) is 0 Å². The van der Waals surface area contributed by atoms with E-state index in [4.69, 9.17) is 0 Å². The summed E-state index contributed by atoms with van der Waals surface area (Å²) >= 11 is 0. The van der Waals surface area contributed by atoms with E-state index in [2.05, 4.69) is 20.8 Å². The highest BCUT2D eigenvalue weighted by Gasteiger charge is 2.34. The van der Waals surface area contributed by atoms with Crippen molar-refractivity contribution < 1.29 is 4.48 Å². The fraction of sp³-hybridized carbons (Fsp3) is 1.00. The summed E-state index contributed by atoms with van der Waals surface area (Å²) in [5.41, 5.74) is 0. The third-order valence-corrected chi connectivity index (χ3v) is 8.07. The SMILES string of the molecule is CCCCCCCCCCCCCCCCCC[N+](CC)(CC)C1CCCCC1. The topological polar surface area (TPSA) is 0 Å². The molecular formula is C28H58N+. The van der Waals surface area contributed by atoms with Gasteiger partial charge in [-0.3, -0.25) is 0 Å². The zero-order valence-corrected chi connectivity index (χ0v) is 21.0. The lowest BCUT2D eigenvalue weighted by Crippen LogP contribution is -2.56. The Bertz CT molecular complexity index is 327. The normalized spacial score (nSPS) is 15.8. The van der Waals surface area contributed by atoms with Crippen molar-refractivity contribution in [3.8, 4) is 0 Å². The molecule has 1 nitrogen and oxygen atoms in total. The molecule has 1 fully saturated rings. The summed E-state index contributed by atoms with van der Waals surface area (Å²) < 4.78 is 1.43. The third kappa shape index (κ3) is 12.4. The molecule has 174 valence electrons. The summed E-state index contributed by atoms with van der Waals surface area (Å²) in [4.78, 5) is 0. The molecule has 1 heteroatoms. The first-order valence-electron chi connectivity index (χ1n) is 14.1. The smallest absolute Gasteiger partial charge is 0.0890 e. The predicted molar refractivity (Wildman–Crippen MR) is 133 cm³/mol. The zero-order chi connectivity index (χ0) is 21.0. The van der Waals surface area contributed by atoms with Crippen molar-refractivity contribution in [2.24, 2.45) is 0 Å². The van der Waals surface area contributed by atoms with Crippen molar-refractivity contribution in [1.82, 2.24) is 0 Å². The summed E-state index contributed by atoms with van der Waals surface area (Å²) in [6, 6.07) is 0.982. The lowest BCUT2D eigenvalue weighted by molar-refractivity contribution is -0.949. The summed E-state index contributed by atoms with van der Waals surface area (Å²) in [5.74, 6) is 0. The van der Waals surface area contributed by atoms with Crippen molar-refractivity contribution in [3.05, 3.63) is 0 Å². The molecule has 0 saturated heterocycles. The maximum atomic E-state index is 2.45. The van der Waals surface area contributed by atoms with Gasteiger partial charge in [0.25, 0.3) is 0 Å². The van der Waals surface area contributed by atoms with Crippen LogP contribution < -0.4 is 0 Å². The van der Waals surface area contributed by atoms with E-state index >= 15 is 0 Å². The third-order valence-electron chi connectivity index (χ3n) is 8.07. The molecule has 0 aromatic carbocycles. The van der Waals surface area contributed by atoms with Gasteiger partial charge < -0.3 is 4.48 Å². The van der Waals surface area contributed by atoms with Gasteiger partial charge in [-0.15, -0.1) is 0 Å². The molecule has 0 amide bonds. The van der Waals surface area contributed by atoms with Gasteiger partial charge in [-0.25, -0.2) is 0 Å². The molecule has 0 radical (unpaired) electrons. The maximum absolute atomic E-state index is 2.45. The van der Waals surface area contributed by atoms with Gasteiger partial charge in [0.15, 0.2) is 0 Å². The van der Waals surface area contributed by atoms with Crippen molar-refractivity contribution in [2.75, 3.05) is 19.6 Å². The van der Waals surface area contributed by atoms with Gasteiger partial charge in [0.1, 0.15) is 0 Å². The predicted octanol–water partition coefficient (Wildman–Crippen LogP) is 9.44. The lowest BCUT2D eigenvalue weighted by atomic mass is 9.91. The van der Waals surface area contributed by atoms with Crippen LogP contribution in [0.25, 0.3) is 0 Å². The average Bonchev–Trinajstić information content (AvgIpc) is 2.77. The molecule has 0 aliphatic heterocycles. The van der Waals surface area contributed by atoms with E-state index in [-0.39, 0.29) is 0 Å². The first-order chi connectivity index (χ1) is 14.3. The fourth-order valence-electron chi connectivity index (χ4n) is 5.84. The number of quaternary nitrogens is 1. The van der Waals surface area contributed by atoms with Crippen LogP contribution in [0.3, 0.4) is 0 Å². The van der Waals surface area contributed by atoms with Crippen molar-refractivity contribution in [1.29, 1.82) is 0 Å². The van der Waals surface area contributed by atoms with Crippen LogP contribution in [0.4, 0.5) is 0 Å². The van der Waals surface area contributed by atoms with Crippen molar-refractivity contribution >= 4 is 0 Å². The van der Waals surface area contributed by atoms with Crippen LogP contribution >= 0.6 is 0 Å². The van der Waals surface area contributed by atoms with E-state index in [0.29, 0.717) is 0 Å². The monoisotopic (exact) mass is 408 g/mol. The van der Waals surface area contributed by atoms with E-state index in [1.807, 2.05) is 0 Å². The summed E-state index contributed by atoms with van der Waals surface area (Å²) in [7, 11) is 0. The van der Waals surface area contributed by atoms with Gasteiger partial charge in [-0.05, 0) is 52.4 Å². The van der Waals surface area contributed by atoms with Crippen LogP contribution in [0, 0.1) is 0 Å². The van der Waals surface area contributed by atoms with Crippen molar-refractivity contribution in [2.45, 2.75) is 162 Å². The quantitative estimate of drug-likeness (QED) is 0.139. The van der Waals surface area contributed by atoms with Gasteiger partial charge >= 0.3 is 0 Å². The maximum Gasteiger partial charge on any atom is 0.0890 e. The molecule has 1 rings (SSSR count). The summed E-state index contributed by atoms with van der Waals surface area (Å²) in [6.45, 7) is 11.4. The number of hydrogen-bond acceptors (Lipinski definition) is 0. The molecular weight excluding hydrogens is 350 g/mol. The standard InChI is InChI=1S/C28H58N/c1-4-7-8-9-10-11-12-13-14-15-16-17-18-19-20-24-27-29(5-2,6-3)28-25-22-21-23-26-28/h28H,4-27H2,1-3H3/q+1. The van der Waals surface area contributed by atoms with E-state index in [1.165, 1.54) is 159 Å². The van der Waals surface area contributed by atoms with Gasteiger partial charge in [-0.2, -0.15) is 0 Å². The van der Waals surface area contributed by atoms with Gasteiger partial charge in [0.2, 0.25) is 0 Å². The molecule has 1 aliphatic carbocycles. The fourth-order valence-corrected chi connectivity index (χ4v) is 5.84. The van der Waals surface area contributed by atoms with Gasteiger partial charge in [0, 0.05) is 0 Å². The van der Waals surface area contributed by atoms with Crippen LogP contribution in [0.15, 0.2) is 0 Å². The largest absolute Gasteiger partial charge is 0.322 e. The molecule has 0 bridgehead atoms. The second-order valence-electron chi connectivity index (χ2n) is 10.2. The molecule has 29 heavy (non-hydrogen) atoms. The van der Waals surface area contributed by atoms with E-state index in [9.17, 15) is 0 Å². The van der Waals surface area contributed by atoms with Crippen LogP contribution in [-0.2, 0) is 0 Å². The first-order valence-corrected chi connectivity index (χ1v) is 14.1. The Balaban J connectivity index is 1.91. The Kier molecular flexibility index (Phi) is 17.4. The summed E-state index contributed by atoms with van der Waals surface area (Å²) in [5, 5.41) is 0. The Hall–Kier alpha value is -0.0400. The molecule has 0 heterocycles. The zero-order valence-electron chi connectivity index (χ0n) is 21.0. The van der Waals surface area contributed by atoms with E-state index in [1.54, 1.807) is 0 Å². The summed E-state index contributed by atoms with van der Waals surface area (Å²) in [6.07, 6.45) is 31.0. The second-order valence-corrected chi connectivity index (χ2v) is 10.2. The average molecular weight is 409 g/mol. The highest BCUT2D eigenvalue weighted by atomic mass is 15.4. The number of hydrogen-bond donors (Lipinski definition) is 0. The van der Waals surface area contributed by atoms with E-state index in [0.717, 1.165) is 6.04 Å².